The molecule has 0 amide bonds. The average Bonchev–Trinajstić information content (AvgIpc) is 3.25. The lowest BCUT2D eigenvalue weighted by Crippen LogP contribution is -2.51. The predicted octanol–water partition coefficient (Wildman–Crippen LogP) is 2.60. The largest absolute Gasteiger partial charge is 0.373 e. The van der Waals surface area contributed by atoms with Crippen LogP contribution >= 0.6 is 24.0 Å². The Labute approximate surface area is 164 Å². The molecule has 0 aromatic carbocycles. The average molecular weight is 450 g/mol. The van der Waals surface area contributed by atoms with Gasteiger partial charge in [-0.2, -0.15) is 0 Å². The highest BCUT2D eigenvalue weighted by atomic mass is 127. The summed E-state index contributed by atoms with van der Waals surface area (Å²) in [5, 5.41) is 6.88. The van der Waals surface area contributed by atoms with Crippen molar-refractivity contribution in [3.63, 3.8) is 0 Å². The van der Waals surface area contributed by atoms with Crippen molar-refractivity contribution in [1.29, 1.82) is 0 Å². The first-order chi connectivity index (χ1) is 11.3. The van der Waals surface area contributed by atoms with Gasteiger partial charge in [0.2, 0.25) is 0 Å². The molecule has 2 atom stereocenters. The number of ether oxygens (including phenoxy) is 1. The van der Waals surface area contributed by atoms with E-state index in [1.807, 2.05) is 7.05 Å². The van der Waals surface area contributed by atoms with Gasteiger partial charge in [-0.25, -0.2) is 0 Å². The molecule has 0 radical (unpaired) electrons. The van der Waals surface area contributed by atoms with Crippen LogP contribution in [0.4, 0.5) is 0 Å². The molecule has 2 heterocycles. The van der Waals surface area contributed by atoms with Crippen LogP contribution in [0.25, 0.3) is 0 Å². The minimum atomic E-state index is 0. The third-order valence-electron chi connectivity index (χ3n) is 5.74. The first-order valence-corrected chi connectivity index (χ1v) is 9.65. The van der Waals surface area contributed by atoms with Gasteiger partial charge in [0.05, 0.1) is 12.7 Å². The first kappa shape index (κ1) is 20.2. The van der Waals surface area contributed by atoms with Crippen molar-refractivity contribution in [2.45, 2.75) is 63.5 Å². The molecule has 1 saturated carbocycles. The summed E-state index contributed by atoms with van der Waals surface area (Å²) in [6.45, 7) is 5.09. The summed E-state index contributed by atoms with van der Waals surface area (Å²) < 4.78 is 5.99. The number of guanidine groups is 1. The van der Waals surface area contributed by atoms with Crippen LogP contribution in [0.2, 0.25) is 0 Å². The number of rotatable bonds is 6. The maximum absolute atomic E-state index is 5.99. The molecule has 140 valence electrons. The topological polar surface area (TPSA) is 48.9 Å². The minimum Gasteiger partial charge on any atom is -0.373 e. The van der Waals surface area contributed by atoms with Gasteiger partial charge in [0.1, 0.15) is 0 Å². The highest BCUT2D eigenvalue weighted by molar-refractivity contribution is 14.0. The lowest BCUT2D eigenvalue weighted by atomic mass is 10.0. The van der Waals surface area contributed by atoms with E-state index in [2.05, 4.69) is 20.5 Å². The Morgan fingerprint density at radius 3 is 2.79 bits per heavy atom. The number of fused-ring (bicyclic) bond motifs is 1. The van der Waals surface area contributed by atoms with Crippen molar-refractivity contribution in [1.82, 2.24) is 15.5 Å². The van der Waals surface area contributed by atoms with Crippen molar-refractivity contribution in [2.24, 2.45) is 10.9 Å². The minimum absolute atomic E-state index is 0. The van der Waals surface area contributed by atoms with Crippen molar-refractivity contribution >= 4 is 29.9 Å². The second kappa shape index (κ2) is 10.8. The van der Waals surface area contributed by atoms with Crippen molar-refractivity contribution < 1.29 is 4.74 Å². The monoisotopic (exact) mass is 450 g/mol. The molecule has 2 unspecified atom stereocenters. The fourth-order valence-electron chi connectivity index (χ4n) is 4.34. The molecule has 3 aliphatic rings. The Morgan fingerprint density at radius 1 is 1.17 bits per heavy atom. The van der Waals surface area contributed by atoms with E-state index in [0.29, 0.717) is 12.1 Å². The Balaban J connectivity index is 0.00000208. The van der Waals surface area contributed by atoms with Crippen LogP contribution in [0.15, 0.2) is 4.99 Å². The van der Waals surface area contributed by atoms with Crippen LogP contribution in [0.3, 0.4) is 0 Å². The van der Waals surface area contributed by atoms with Gasteiger partial charge in [0.15, 0.2) is 5.96 Å². The van der Waals surface area contributed by atoms with E-state index < -0.39 is 0 Å². The van der Waals surface area contributed by atoms with Gasteiger partial charge in [-0.3, -0.25) is 9.89 Å². The van der Waals surface area contributed by atoms with Gasteiger partial charge in [0.25, 0.3) is 0 Å². The van der Waals surface area contributed by atoms with E-state index in [1.165, 1.54) is 57.9 Å². The molecule has 0 bridgehead atoms. The standard InChI is InChI=1S/C18H34N4O.HI/c1-19-18(20-10-4-8-15-6-2-3-7-15)21-12-17-13-22-11-5-9-16(22)14-23-17;/h15-17H,2-14H2,1H3,(H2,19,20,21);1H. The third kappa shape index (κ3) is 6.02. The van der Waals surface area contributed by atoms with Crippen LogP contribution < -0.4 is 10.6 Å². The van der Waals surface area contributed by atoms with Gasteiger partial charge >= 0.3 is 0 Å². The van der Waals surface area contributed by atoms with Crippen LogP contribution in [-0.4, -0.2) is 62.8 Å². The number of halogens is 1. The molecule has 24 heavy (non-hydrogen) atoms. The summed E-state index contributed by atoms with van der Waals surface area (Å²) in [6.07, 6.45) is 11.3. The summed E-state index contributed by atoms with van der Waals surface area (Å²) in [7, 11) is 1.85. The summed E-state index contributed by atoms with van der Waals surface area (Å²) in [4.78, 5) is 6.92. The van der Waals surface area contributed by atoms with E-state index in [9.17, 15) is 0 Å². The first-order valence-electron chi connectivity index (χ1n) is 9.65. The molecule has 5 nitrogen and oxygen atoms in total. The molecule has 3 rings (SSSR count). The van der Waals surface area contributed by atoms with E-state index >= 15 is 0 Å². The Hall–Kier alpha value is -0.0800. The fraction of sp³-hybridized carbons (Fsp3) is 0.944. The van der Waals surface area contributed by atoms with Gasteiger partial charge in [-0.15, -0.1) is 24.0 Å². The van der Waals surface area contributed by atoms with Gasteiger partial charge < -0.3 is 15.4 Å². The Kier molecular flexibility index (Phi) is 9.11. The van der Waals surface area contributed by atoms with E-state index in [-0.39, 0.29) is 24.0 Å². The fourth-order valence-corrected chi connectivity index (χ4v) is 4.34. The molecule has 0 spiro atoms. The highest BCUT2D eigenvalue weighted by Crippen LogP contribution is 2.28. The maximum Gasteiger partial charge on any atom is 0.191 e. The number of hydrogen-bond acceptors (Lipinski definition) is 3. The van der Waals surface area contributed by atoms with E-state index in [4.69, 9.17) is 4.74 Å². The van der Waals surface area contributed by atoms with E-state index in [1.54, 1.807) is 0 Å². The second-order valence-corrected chi connectivity index (χ2v) is 7.42. The smallest absolute Gasteiger partial charge is 0.191 e. The summed E-state index contributed by atoms with van der Waals surface area (Å²) in [5.41, 5.74) is 0. The third-order valence-corrected chi connectivity index (χ3v) is 5.74. The molecule has 0 aromatic rings. The van der Waals surface area contributed by atoms with Crippen LogP contribution in [0.1, 0.15) is 51.4 Å². The van der Waals surface area contributed by atoms with Crippen molar-refractivity contribution in [3.8, 4) is 0 Å². The number of aliphatic imine (C=N–C) groups is 1. The Bertz CT molecular complexity index is 387. The lowest BCUT2D eigenvalue weighted by molar-refractivity contribution is -0.0453. The van der Waals surface area contributed by atoms with Crippen LogP contribution in [-0.2, 0) is 4.74 Å². The molecule has 2 aliphatic heterocycles. The number of morpholine rings is 1. The molecular formula is C18H35IN4O. The zero-order chi connectivity index (χ0) is 15.9. The molecule has 1 aliphatic carbocycles. The van der Waals surface area contributed by atoms with Crippen molar-refractivity contribution in [3.05, 3.63) is 0 Å². The summed E-state index contributed by atoms with van der Waals surface area (Å²) >= 11 is 0. The molecule has 3 fully saturated rings. The SMILES string of the molecule is CN=C(NCCCC1CCCC1)NCC1CN2CCCC2CO1.I. The quantitative estimate of drug-likeness (QED) is 0.283. The molecular weight excluding hydrogens is 415 g/mol. The summed E-state index contributed by atoms with van der Waals surface area (Å²) in [6, 6.07) is 0.680. The van der Waals surface area contributed by atoms with Gasteiger partial charge in [-0.1, -0.05) is 25.7 Å². The molecule has 6 heteroatoms. The van der Waals surface area contributed by atoms with Gasteiger partial charge in [0, 0.05) is 32.7 Å². The maximum atomic E-state index is 5.99. The normalized spacial score (nSPS) is 28.5. The number of hydrogen-bond donors (Lipinski definition) is 2. The van der Waals surface area contributed by atoms with Crippen LogP contribution in [0, 0.1) is 5.92 Å². The van der Waals surface area contributed by atoms with Crippen molar-refractivity contribution in [2.75, 3.05) is 39.8 Å². The predicted molar refractivity (Wildman–Crippen MR) is 110 cm³/mol. The second-order valence-electron chi connectivity index (χ2n) is 7.42. The zero-order valence-corrected chi connectivity index (χ0v) is 17.5. The highest BCUT2D eigenvalue weighted by Gasteiger charge is 2.32. The number of nitrogens with one attached hydrogen (secondary N) is 2. The molecule has 2 saturated heterocycles. The lowest BCUT2D eigenvalue weighted by Gasteiger charge is -2.35. The summed E-state index contributed by atoms with van der Waals surface area (Å²) in [5.74, 6) is 1.90. The van der Waals surface area contributed by atoms with Gasteiger partial charge in [-0.05, 0) is 38.1 Å². The molecule has 2 N–H and O–H groups in total. The Morgan fingerprint density at radius 2 is 2.00 bits per heavy atom. The molecule has 0 aromatic heterocycles. The zero-order valence-electron chi connectivity index (χ0n) is 15.1. The van der Waals surface area contributed by atoms with E-state index in [0.717, 1.165) is 38.1 Å². The van der Waals surface area contributed by atoms with Crippen LogP contribution in [0.5, 0.6) is 0 Å². The number of nitrogens with zero attached hydrogens (tertiary/aromatic N) is 2.